The Balaban J connectivity index is 1.69. The highest BCUT2D eigenvalue weighted by atomic mass is 16.5. The second kappa shape index (κ2) is 11.9. The van der Waals surface area contributed by atoms with Gasteiger partial charge in [0.25, 0.3) is 0 Å². The van der Waals surface area contributed by atoms with Crippen molar-refractivity contribution < 1.29 is 14.3 Å². The summed E-state index contributed by atoms with van der Waals surface area (Å²) < 4.78 is 7.23. The molecule has 0 radical (unpaired) electrons. The number of rotatable bonds is 9. The Bertz CT molecular complexity index is 897. The quantitative estimate of drug-likeness (QED) is 0.467. The first-order valence-electron chi connectivity index (χ1n) is 11.9. The van der Waals surface area contributed by atoms with Gasteiger partial charge in [-0.2, -0.15) is 0 Å². The van der Waals surface area contributed by atoms with E-state index in [1.165, 1.54) is 38.8 Å². The smallest absolute Gasteiger partial charge is 0.340 e. The molecule has 174 valence electrons. The van der Waals surface area contributed by atoms with Gasteiger partial charge in [-0.1, -0.05) is 43.2 Å². The van der Waals surface area contributed by atoms with Crippen molar-refractivity contribution in [1.82, 2.24) is 14.8 Å². The molecular formula is C26H37N3O3. The maximum absolute atomic E-state index is 12.8. The number of amides is 1. The number of ether oxygens (including phenoxy) is 1. The van der Waals surface area contributed by atoms with E-state index in [4.69, 9.17) is 4.74 Å². The highest BCUT2D eigenvalue weighted by molar-refractivity contribution is 5.95. The van der Waals surface area contributed by atoms with Crippen LogP contribution in [-0.4, -0.2) is 54.1 Å². The van der Waals surface area contributed by atoms with Gasteiger partial charge < -0.3 is 19.5 Å². The van der Waals surface area contributed by atoms with E-state index in [1.807, 2.05) is 48.7 Å². The van der Waals surface area contributed by atoms with Gasteiger partial charge in [0.05, 0.1) is 17.9 Å². The molecule has 1 aliphatic heterocycles. The maximum Gasteiger partial charge on any atom is 0.340 e. The topological polar surface area (TPSA) is 63.6 Å². The van der Waals surface area contributed by atoms with E-state index < -0.39 is 0 Å². The zero-order chi connectivity index (χ0) is 22.9. The van der Waals surface area contributed by atoms with E-state index in [0.717, 1.165) is 35.5 Å². The van der Waals surface area contributed by atoms with Crippen molar-refractivity contribution in [1.29, 1.82) is 0 Å². The monoisotopic (exact) mass is 439 g/mol. The summed E-state index contributed by atoms with van der Waals surface area (Å²) in [5.74, 6) is -0.372. The summed E-state index contributed by atoms with van der Waals surface area (Å²) in [6.07, 6.45) is 6.18. The third kappa shape index (κ3) is 6.00. The summed E-state index contributed by atoms with van der Waals surface area (Å²) in [5, 5.41) is 3.07. The molecule has 2 heterocycles. The molecule has 1 aromatic carbocycles. The SMILES string of the molecule is CCOC(=O)c1c(C)c(-c2ccccc2)n(CC(=O)NCCCN2CCCCCC2)c1C. The molecular weight excluding hydrogens is 402 g/mol. The first kappa shape index (κ1) is 24.1. The fourth-order valence-corrected chi connectivity index (χ4v) is 4.65. The summed E-state index contributed by atoms with van der Waals surface area (Å²) >= 11 is 0. The minimum atomic E-state index is -0.337. The molecule has 1 fully saturated rings. The second-order valence-corrected chi connectivity index (χ2v) is 8.57. The van der Waals surface area contributed by atoms with Crippen molar-refractivity contribution >= 4 is 11.9 Å². The second-order valence-electron chi connectivity index (χ2n) is 8.57. The van der Waals surface area contributed by atoms with Gasteiger partial charge in [-0.25, -0.2) is 4.79 Å². The minimum Gasteiger partial charge on any atom is -0.462 e. The normalized spacial score (nSPS) is 14.7. The lowest BCUT2D eigenvalue weighted by molar-refractivity contribution is -0.121. The summed E-state index contributed by atoms with van der Waals surface area (Å²) in [6.45, 7) is 10.2. The van der Waals surface area contributed by atoms with E-state index in [1.54, 1.807) is 6.92 Å². The fourth-order valence-electron chi connectivity index (χ4n) is 4.65. The lowest BCUT2D eigenvalue weighted by Crippen LogP contribution is -2.32. The average molecular weight is 440 g/mol. The van der Waals surface area contributed by atoms with Crippen molar-refractivity contribution in [2.45, 2.75) is 59.4 Å². The van der Waals surface area contributed by atoms with Gasteiger partial charge in [-0.3, -0.25) is 4.79 Å². The third-order valence-corrected chi connectivity index (χ3v) is 6.27. The van der Waals surface area contributed by atoms with Crippen LogP contribution in [0.5, 0.6) is 0 Å². The maximum atomic E-state index is 12.8. The van der Waals surface area contributed by atoms with Crippen molar-refractivity contribution in [3.63, 3.8) is 0 Å². The Labute approximate surface area is 191 Å². The molecule has 0 bridgehead atoms. The number of benzene rings is 1. The Morgan fingerprint density at radius 2 is 1.72 bits per heavy atom. The Morgan fingerprint density at radius 1 is 1.03 bits per heavy atom. The van der Waals surface area contributed by atoms with Crippen molar-refractivity contribution in [2.24, 2.45) is 0 Å². The van der Waals surface area contributed by atoms with Gasteiger partial charge in [0.2, 0.25) is 5.91 Å². The third-order valence-electron chi connectivity index (χ3n) is 6.27. The van der Waals surface area contributed by atoms with Crippen molar-refractivity contribution in [2.75, 3.05) is 32.8 Å². The van der Waals surface area contributed by atoms with E-state index in [2.05, 4.69) is 10.2 Å². The molecule has 6 nitrogen and oxygen atoms in total. The molecule has 1 saturated heterocycles. The van der Waals surface area contributed by atoms with E-state index in [9.17, 15) is 9.59 Å². The van der Waals surface area contributed by atoms with Gasteiger partial charge >= 0.3 is 5.97 Å². The molecule has 1 aromatic heterocycles. The number of hydrogen-bond acceptors (Lipinski definition) is 4. The summed E-state index contributed by atoms with van der Waals surface area (Å²) in [7, 11) is 0. The number of likely N-dealkylation sites (tertiary alicyclic amines) is 1. The Kier molecular flexibility index (Phi) is 8.91. The number of aromatic nitrogens is 1. The molecule has 2 aromatic rings. The Morgan fingerprint density at radius 3 is 2.38 bits per heavy atom. The summed E-state index contributed by atoms with van der Waals surface area (Å²) in [6, 6.07) is 9.91. The van der Waals surface area contributed by atoms with Crippen LogP contribution in [0.2, 0.25) is 0 Å². The van der Waals surface area contributed by atoms with Crippen LogP contribution in [0.1, 0.15) is 60.6 Å². The van der Waals surface area contributed by atoms with E-state index >= 15 is 0 Å². The molecule has 0 atom stereocenters. The molecule has 0 unspecified atom stereocenters. The van der Waals surface area contributed by atoms with Gasteiger partial charge in [-0.05, 0) is 70.8 Å². The lowest BCUT2D eigenvalue weighted by Gasteiger charge is -2.19. The highest BCUT2D eigenvalue weighted by Crippen LogP contribution is 2.31. The van der Waals surface area contributed by atoms with E-state index in [0.29, 0.717) is 18.7 Å². The predicted octanol–water partition coefficient (Wildman–Crippen LogP) is 4.33. The largest absolute Gasteiger partial charge is 0.462 e. The van der Waals surface area contributed by atoms with Crippen molar-refractivity contribution in [3.05, 3.63) is 47.2 Å². The standard InChI is InChI=1S/C26H37N3O3/c1-4-32-26(31)24-20(2)25(22-13-8-7-9-14-22)29(21(24)3)19-23(30)27-15-12-18-28-16-10-5-6-11-17-28/h7-9,13-14H,4-6,10-12,15-19H2,1-3H3,(H,27,30). The van der Waals surface area contributed by atoms with Crippen LogP contribution in [0.3, 0.4) is 0 Å². The van der Waals surface area contributed by atoms with Crippen molar-refractivity contribution in [3.8, 4) is 11.3 Å². The number of nitrogens with zero attached hydrogens (tertiary/aromatic N) is 2. The van der Waals surface area contributed by atoms with Crippen LogP contribution < -0.4 is 5.32 Å². The van der Waals surface area contributed by atoms with E-state index in [-0.39, 0.29) is 18.4 Å². The van der Waals surface area contributed by atoms with Crippen LogP contribution in [0.4, 0.5) is 0 Å². The lowest BCUT2D eigenvalue weighted by atomic mass is 10.1. The highest BCUT2D eigenvalue weighted by Gasteiger charge is 2.25. The molecule has 1 aliphatic rings. The molecule has 3 rings (SSSR count). The van der Waals surface area contributed by atoms with Crippen LogP contribution in [-0.2, 0) is 16.1 Å². The molecule has 0 spiro atoms. The Hall–Kier alpha value is -2.60. The van der Waals surface area contributed by atoms with Crippen LogP contribution >= 0.6 is 0 Å². The summed E-state index contributed by atoms with van der Waals surface area (Å²) in [4.78, 5) is 27.9. The zero-order valence-electron chi connectivity index (χ0n) is 19.8. The zero-order valence-corrected chi connectivity index (χ0v) is 19.8. The number of carbonyl (C=O) groups excluding carboxylic acids is 2. The first-order chi connectivity index (χ1) is 15.5. The van der Waals surface area contributed by atoms with Gasteiger partial charge in [0.1, 0.15) is 6.54 Å². The van der Waals surface area contributed by atoms with Crippen LogP contribution in [0.25, 0.3) is 11.3 Å². The first-order valence-corrected chi connectivity index (χ1v) is 11.9. The summed E-state index contributed by atoms with van der Waals surface area (Å²) in [5.41, 5.74) is 4.05. The molecule has 0 aliphatic carbocycles. The van der Waals surface area contributed by atoms with Gasteiger partial charge in [0.15, 0.2) is 0 Å². The van der Waals surface area contributed by atoms with Crippen LogP contribution in [0.15, 0.2) is 30.3 Å². The minimum absolute atomic E-state index is 0.0356. The van der Waals surface area contributed by atoms with Crippen LogP contribution in [0, 0.1) is 13.8 Å². The fraction of sp³-hybridized carbons (Fsp3) is 0.538. The molecule has 32 heavy (non-hydrogen) atoms. The average Bonchev–Trinajstić information content (AvgIpc) is 2.94. The molecule has 1 amide bonds. The molecule has 6 heteroatoms. The predicted molar refractivity (Wildman–Crippen MR) is 128 cm³/mol. The molecule has 0 saturated carbocycles. The van der Waals surface area contributed by atoms with Gasteiger partial charge in [0, 0.05) is 12.2 Å². The van der Waals surface area contributed by atoms with Gasteiger partial charge in [-0.15, -0.1) is 0 Å². The molecule has 1 N–H and O–H groups in total. The number of hydrogen-bond donors (Lipinski definition) is 1. The number of carbonyl (C=O) groups is 2. The number of esters is 1. The number of nitrogens with one attached hydrogen (secondary N) is 1.